The molecule has 0 fully saturated rings. The molecule has 6 nitrogen and oxygen atoms in total. The highest BCUT2D eigenvalue weighted by atomic mass is 32.2. The van der Waals surface area contributed by atoms with Gasteiger partial charge in [-0.1, -0.05) is 42.5 Å². The van der Waals surface area contributed by atoms with Crippen LogP contribution in [0.2, 0.25) is 0 Å². The average Bonchev–Trinajstić information content (AvgIpc) is 2.77. The molecule has 0 aromatic heterocycles. The molecule has 0 aliphatic rings. The number of benzene rings is 3. The Morgan fingerprint density at radius 3 is 2.27 bits per heavy atom. The first-order valence-electron chi connectivity index (χ1n) is 9.46. The van der Waals surface area contributed by atoms with E-state index < -0.39 is 4.92 Å². The van der Waals surface area contributed by atoms with Crippen LogP contribution in [0.5, 0.6) is 5.75 Å². The SMILES string of the molecule is CC(Sc1ccc([N+](=O)[O-])cc1)C(=O)NCc1ccc(COc2ccccc2)cc1. The highest BCUT2D eigenvalue weighted by molar-refractivity contribution is 8.00. The zero-order chi connectivity index (χ0) is 21.3. The summed E-state index contributed by atoms with van der Waals surface area (Å²) < 4.78 is 5.73. The molecule has 154 valence electrons. The average molecular weight is 423 g/mol. The normalized spacial score (nSPS) is 11.5. The Labute approximate surface area is 179 Å². The number of carbonyl (C=O) groups is 1. The van der Waals surface area contributed by atoms with E-state index in [2.05, 4.69) is 5.32 Å². The van der Waals surface area contributed by atoms with E-state index in [0.717, 1.165) is 21.8 Å². The van der Waals surface area contributed by atoms with E-state index in [9.17, 15) is 14.9 Å². The lowest BCUT2D eigenvalue weighted by Gasteiger charge is -2.12. The van der Waals surface area contributed by atoms with Crippen molar-refractivity contribution in [1.29, 1.82) is 0 Å². The molecule has 30 heavy (non-hydrogen) atoms. The highest BCUT2D eigenvalue weighted by Crippen LogP contribution is 2.25. The fraction of sp³-hybridized carbons (Fsp3) is 0.174. The van der Waals surface area contributed by atoms with Gasteiger partial charge in [-0.2, -0.15) is 0 Å². The zero-order valence-corrected chi connectivity index (χ0v) is 17.3. The second kappa shape index (κ2) is 10.5. The van der Waals surface area contributed by atoms with Crippen molar-refractivity contribution in [3.63, 3.8) is 0 Å². The van der Waals surface area contributed by atoms with Gasteiger partial charge in [-0.3, -0.25) is 14.9 Å². The summed E-state index contributed by atoms with van der Waals surface area (Å²) in [6, 6.07) is 23.7. The van der Waals surface area contributed by atoms with E-state index in [0.29, 0.717) is 13.2 Å². The number of amides is 1. The molecule has 0 saturated heterocycles. The van der Waals surface area contributed by atoms with Crippen molar-refractivity contribution in [1.82, 2.24) is 5.32 Å². The Hall–Kier alpha value is -3.32. The number of para-hydroxylation sites is 1. The molecule has 1 N–H and O–H groups in total. The van der Waals surface area contributed by atoms with Crippen LogP contribution in [0, 0.1) is 10.1 Å². The van der Waals surface area contributed by atoms with Gasteiger partial charge in [-0.25, -0.2) is 0 Å². The maximum absolute atomic E-state index is 12.4. The molecule has 0 spiro atoms. The summed E-state index contributed by atoms with van der Waals surface area (Å²) >= 11 is 1.36. The highest BCUT2D eigenvalue weighted by Gasteiger charge is 2.15. The number of rotatable bonds is 9. The number of nitro groups is 1. The van der Waals surface area contributed by atoms with Gasteiger partial charge in [0, 0.05) is 23.6 Å². The molecule has 0 heterocycles. The van der Waals surface area contributed by atoms with E-state index in [4.69, 9.17) is 4.74 Å². The van der Waals surface area contributed by atoms with Crippen LogP contribution in [0.15, 0.2) is 83.8 Å². The van der Waals surface area contributed by atoms with Gasteiger partial charge < -0.3 is 10.1 Å². The summed E-state index contributed by atoms with van der Waals surface area (Å²) in [5.41, 5.74) is 2.09. The number of hydrogen-bond acceptors (Lipinski definition) is 5. The van der Waals surface area contributed by atoms with Gasteiger partial charge in [-0.05, 0) is 42.3 Å². The quantitative estimate of drug-likeness (QED) is 0.299. The van der Waals surface area contributed by atoms with Crippen LogP contribution in [-0.4, -0.2) is 16.1 Å². The number of nitrogens with zero attached hydrogens (tertiary/aromatic N) is 1. The van der Waals surface area contributed by atoms with E-state index >= 15 is 0 Å². The van der Waals surface area contributed by atoms with Crippen LogP contribution in [0.1, 0.15) is 18.1 Å². The van der Waals surface area contributed by atoms with Gasteiger partial charge in [0.2, 0.25) is 5.91 Å². The number of carbonyl (C=O) groups excluding carboxylic acids is 1. The van der Waals surface area contributed by atoms with E-state index in [1.807, 2.05) is 61.5 Å². The molecular weight excluding hydrogens is 400 g/mol. The van der Waals surface area contributed by atoms with Gasteiger partial charge in [0.25, 0.3) is 5.69 Å². The van der Waals surface area contributed by atoms with Gasteiger partial charge in [0.15, 0.2) is 0 Å². The van der Waals surface area contributed by atoms with E-state index in [1.165, 1.54) is 23.9 Å². The standard InChI is InChI=1S/C23H22N2O4S/c1-17(30-22-13-11-20(12-14-22)25(27)28)23(26)24-15-18-7-9-19(10-8-18)16-29-21-5-3-2-4-6-21/h2-14,17H,15-16H2,1H3,(H,24,26). The van der Waals surface area contributed by atoms with Crippen LogP contribution in [0.25, 0.3) is 0 Å². The van der Waals surface area contributed by atoms with Crippen LogP contribution < -0.4 is 10.1 Å². The number of nitrogens with one attached hydrogen (secondary N) is 1. The van der Waals surface area contributed by atoms with Gasteiger partial charge >= 0.3 is 0 Å². The van der Waals surface area contributed by atoms with Crippen molar-refractivity contribution >= 4 is 23.4 Å². The fourth-order valence-corrected chi connectivity index (χ4v) is 3.57. The van der Waals surface area contributed by atoms with Gasteiger partial charge in [0.1, 0.15) is 12.4 Å². The van der Waals surface area contributed by atoms with Crippen LogP contribution >= 0.6 is 11.8 Å². The molecule has 3 aromatic rings. The second-order valence-electron chi connectivity index (χ2n) is 6.65. The molecule has 0 aliphatic heterocycles. The third-order valence-electron chi connectivity index (χ3n) is 4.37. The maximum atomic E-state index is 12.4. The summed E-state index contributed by atoms with van der Waals surface area (Å²) in [6.45, 7) is 2.73. The Balaban J connectivity index is 1.44. The summed E-state index contributed by atoms with van der Waals surface area (Å²) in [4.78, 5) is 23.4. The third kappa shape index (κ3) is 6.35. The number of nitro benzene ring substituents is 1. The topological polar surface area (TPSA) is 81.5 Å². The summed E-state index contributed by atoms with van der Waals surface area (Å²) in [5.74, 6) is 0.739. The first-order chi connectivity index (χ1) is 14.5. The molecule has 7 heteroatoms. The molecule has 1 atom stereocenters. The van der Waals surface area contributed by atoms with Crippen molar-refractivity contribution in [2.45, 2.75) is 30.2 Å². The van der Waals surface area contributed by atoms with Gasteiger partial charge in [0.05, 0.1) is 10.2 Å². The predicted molar refractivity (Wildman–Crippen MR) is 117 cm³/mol. The number of ether oxygens (including phenoxy) is 1. The lowest BCUT2D eigenvalue weighted by molar-refractivity contribution is -0.384. The second-order valence-corrected chi connectivity index (χ2v) is 8.06. The number of non-ortho nitro benzene ring substituents is 1. The minimum absolute atomic E-state index is 0.0362. The molecule has 0 bridgehead atoms. The van der Waals surface area contributed by atoms with Crippen LogP contribution in [-0.2, 0) is 17.9 Å². The summed E-state index contributed by atoms with van der Waals surface area (Å²) in [5, 5.41) is 13.3. The minimum Gasteiger partial charge on any atom is -0.489 e. The Morgan fingerprint density at radius 1 is 1.00 bits per heavy atom. The van der Waals surface area contributed by atoms with Crippen molar-refractivity contribution in [2.75, 3.05) is 0 Å². The van der Waals surface area contributed by atoms with Crippen molar-refractivity contribution in [2.24, 2.45) is 0 Å². The van der Waals surface area contributed by atoms with Crippen molar-refractivity contribution < 1.29 is 14.5 Å². The molecule has 1 unspecified atom stereocenters. The summed E-state index contributed by atoms with van der Waals surface area (Å²) in [6.07, 6.45) is 0. The minimum atomic E-state index is -0.441. The Kier molecular flexibility index (Phi) is 7.45. The van der Waals surface area contributed by atoms with Crippen LogP contribution in [0.3, 0.4) is 0 Å². The molecule has 1 amide bonds. The first-order valence-corrected chi connectivity index (χ1v) is 10.3. The lowest BCUT2D eigenvalue weighted by Crippen LogP contribution is -2.30. The first kappa shape index (κ1) is 21.4. The van der Waals surface area contributed by atoms with Crippen molar-refractivity contribution in [3.05, 3.63) is 100 Å². The molecular formula is C23H22N2O4S. The van der Waals surface area contributed by atoms with Crippen molar-refractivity contribution in [3.8, 4) is 5.75 Å². The number of thioether (sulfide) groups is 1. The zero-order valence-electron chi connectivity index (χ0n) is 16.5. The van der Waals surface area contributed by atoms with E-state index in [1.54, 1.807) is 12.1 Å². The molecule has 0 saturated carbocycles. The van der Waals surface area contributed by atoms with Gasteiger partial charge in [-0.15, -0.1) is 11.8 Å². The third-order valence-corrected chi connectivity index (χ3v) is 5.48. The number of hydrogen-bond donors (Lipinski definition) is 1. The smallest absolute Gasteiger partial charge is 0.269 e. The summed E-state index contributed by atoms with van der Waals surface area (Å²) in [7, 11) is 0. The van der Waals surface area contributed by atoms with E-state index in [-0.39, 0.29) is 16.8 Å². The Bertz CT molecular complexity index is 976. The van der Waals surface area contributed by atoms with Crippen LogP contribution in [0.4, 0.5) is 5.69 Å². The Morgan fingerprint density at radius 2 is 1.63 bits per heavy atom. The monoisotopic (exact) mass is 422 g/mol. The molecule has 0 radical (unpaired) electrons. The molecule has 0 aliphatic carbocycles. The fourth-order valence-electron chi connectivity index (χ4n) is 2.67. The predicted octanol–water partition coefficient (Wildman–Crippen LogP) is 4.97. The maximum Gasteiger partial charge on any atom is 0.269 e. The molecule has 3 rings (SSSR count). The largest absolute Gasteiger partial charge is 0.489 e. The molecule has 3 aromatic carbocycles. The lowest BCUT2D eigenvalue weighted by atomic mass is 10.1.